The molecule has 0 radical (unpaired) electrons. The number of hydrogen-bond acceptors (Lipinski definition) is 4. The minimum Gasteiger partial charge on any atom is -0.477 e. The van der Waals surface area contributed by atoms with Crippen molar-refractivity contribution in [3.63, 3.8) is 0 Å². The van der Waals surface area contributed by atoms with Gasteiger partial charge in [-0.2, -0.15) is 0 Å². The summed E-state index contributed by atoms with van der Waals surface area (Å²) < 4.78 is 23.1. The maximum atomic E-state index is 13.4. The second kappa shape index (κ2) is 4.47. The van der Waals surface area contributed by atoms with E-state index in [2.05, 4.69) is 9.72 Å². The van der Waals surface area contributed by atoms with E-state index < -0.39 is 11.8 Å². The van der Waals surface area contributed by atoms with Gasteiger partial charge in [-0.25, -0.2) is 14.2 Å². The third-order valence-corrected chi connectivity index (χ3v) is 2.40. The molecule has 86 valence electrons. The van der Waals surface area contributed by atoms with Gasteiger partial charge in [0.25, 0.3) is 0 Å². The first-order valence-electron chi connectivity index (χ1n) is 5.07. The lowest BCUT2D eigenvalue weighted by Gasteiger charge is -2.05. The first kappa shape index (κ1) is 10.9. The van der Waals surface area contributed by atoms with Crippen molar-refractivity contribution in [3.8, 4) is 5.88 Å². The summed E-state index contributed by atoms with van der Waals surface area (Å²) in [4.78, 5) is 14.9. The van der Waals surface area contributed by atoms with E-state index in [1.165, 1.54) is 7.11 Å². The first-order valence-corrected chi connectivity index (χ1v) is 5.07. The van der Waals surface area contributed by atoms with E-state index in [0.29, 0.717) is 12.5 Å². The molecule has 4 nitrogen and oxygen atoms in total. The Morgan fingerprint density at radius 2 is 2.38 bits per heavy atom. The molecule has 1 saturated carbocycles. The lowest BCUT2D eigenvalue weighted by atomic mass is 10.3. The maximum absolute atomic E-state index is 13.4. The summed E-state index contributed by atoms with van der Waals surface area (Å²) in [6.45, 7) is 0.560. The van der Waals surface area contributed by atoms with Crippen molar-refractivity contribution in [3.05, 3.63) is 23.6 Å². The average Bonchev–Trinajstić information content (AvgIpc) is 3.09. The van der Waals surface area contributed by atoms with Crippen LogP contribution < -0.4 is 4.74 Å². The fourth-order valence-corrected chi connectivity index (χ4v) is 1.24. The number of pyridine rings is 1. The van der Waals surface area contributed by atoms with Gasteiger partial charge in [0.2, 0.25) is 5.88 Å². The van der Waals surface area contributed by atoms with E-state index in [0.717, 1.165) is 25.1 Å². The molecule has 1 aromatic rings. The highest BCUT2D eigenvalue weighted by Crippen LogP contribution is 2.29. The van der Waals surface area contributed by atoms with Gasteiger partial charge in [0.15, 0.2) is 0 Å². The molecule has 0 atom stereocenters. The van der Waals surface area contributed by atoms with Crippen LogP contribution in [0.2, 0.25) is 0 Å². The highest BCUT2D eigenvalue weighted by Gasteiger charge is 2.22. The molecule has 5 heteroatoms. The van der Waals surface area contributed by atoms with Crippen LogP contribution in [0.25, 0.3) is 0 Å². The summed E-state index contributed by atoms with van der Waals surface area (Å²) in [6, 6.07) is 1.11. The summed E-state index contributed by atoms with van der Waals surface area (Å²) in [5.74, 6) is -0.631. The Balaban J connectivity index is 2.05. The van der Waals surface area contributed by atoms with Crippen LogP contribution in [0, 0.1) is 11.7 Å². The smallest absolute Gasteiger partial charge is 0.342 e. The summed E-state index contributed by atoms with van der Waals surface area (Å²) in [5.41, 5.74) is -0.179. The maximum Gasteiger partial charge on any atom is 0.342 e. The molecule has 0 spiro atoms. The molecule has 0 bridgehead atoms. The number of ether oxygens (including phenoxy) is 2. The van der Waals surface area contributed by atoms with Crippen molar-refractivity contribution in [1.82, 2.24) is 4.98 Å². The standard InChI is InChI=1S/C11H12FNO3/c1-15-11(14)8-5-13-10(4-9(8)12)16-6-7-2-3-7/h4-5,7H,2-3,6H2,1H3. The molecule has 1 aliphatic rings. The van der Waals surface area contributed by atoms with Crippen molar-refractivity contribution in [2.45, 2.75) is 12.8 Å². The number of hydrogen-bond donors (Lipinski definition) is 0. The predicted molar refractivity (Wildman–Crippen MR) is 53.8 cm³/mol. The SMILES string of the molecule is COC(=O)c1cnc(OCC2CC2)cc1F. The van der Waals surface area contributed by atoms with Crippen LogP contribution >= 0.6 is 0 Å². The molecule has 0 saturated heterocycles. The Kier molecular flexibility index (Phi) is 3.03. The Bertz CT molecular complexity index is 404. The number of rotatable bonds is 4. The van der Waals surface area contributed by atoms with Crippen molar-refractivity contribution in [2.24, 2.45) is 5.92 Å². The molecular weight excluding hydrogens is 213 g/mol. The van der Waals surface area contributed by atoms with Crippen LogP contribution in [0.5, 0.6) is 5.88 Å². The Hall–Kier alpha value is -1.65. The number of methoxy groups -OCH3 is 1. The lowest BCUT2D eigenvalue weighted by molar-refractivity contribution is 0.0595. The van der Waals surface area contributed by atoms with Gasteiger partial charge >= 0.3 is 5.97 Å². The van der Waals surface area contributed by atoms with Crippen molar-refractivity contribution in [1.29, 1.82) is 0 Å². The minimum atomic E-state index is -0.737. The Labute approximate surface area is 92.4 Å². The van der Waals surface area contributed by atoms with Gasteiger partial charge in [0.1, 0.15) is 11.4 Å². The van der Waals surface area contributed by atoms with Crippen molar-refractivity contribution < 1.29 is 18.7 Å². The predicted octanol–water partition coefficient (Wildman–Crippen LogP) is 1.80. The zero-order valence-electron chi connectivity index (χ0n) is 8.90. The molecule has 1 aliphatic carbocycles. The zero-order valence-corrected chi connectivity index (χ0v) is 8.90. The third kappa shape index (κ3) is 2.48. The number of nitrogens with zero attached hydrogens (tertiary/aromatic N) is 1. The van der Waals surface area contributed by atoms with E-state index >= 15 is 0 Å². The van der Waals surface area contributed by atoms with Gasteiger partial charge in [0, 0.05) is 12.3 Å². The first-order chi connectivity index (χ1) is 7.70. The quantitative estimate of drug-likeness (QED) is 0.733. The molecule has 16 heavy (non-hydrogen) atoms. The Morgan fingerprint density at radius 3 is 2.94 bits per heavy atom. The summed E-state index contributed by atoms with van der Waals surface area (Å²) in [6.07, 6.45) is 3.44. The molecule has 1 aromatic heterocycles. The van der Waals surface area contributed by atoms with E-state index in [4.69, 9.17) is 4.74 Å². The number of carbonyl (C=O) groups excluding carboxylic acids is 1. The van der Waals surface area contributed by atoms with Crippen LogP contribution in [-0.2, 0) is 4.74 Å². The Morgan fingerprint density at radius 1 is 1.62 bits per heavy atom. The largest absolute Gasteiger partial charge is 0.477 e. The fourth-order valence-electron chi connectivity index (χ4n) is 1.24. The number of carbonyl (C=O) groups is 1. The summed E-state index contributed by atoms with van der Waals surface area (Å²) in [7, 11) is 1.19. The average molecular weight is 225 g/mol. The van der Waals surface area contributed by atoms with Crippen molar-refractivity contribution >= 4 is 5.97 Å². The number of esters is 1. The molecule has 2 rings (SSSR count). The van der Waals surface area contributed by atoms with Crippen LogP contribution in [0.15, 0.2) is 12.3 Å². The topological polar surface area (TPSA) is 48.4 Å². The second-order valence-corrected chi connectivity index (χ2v) is 3.75. The van der Waals surface area contributed by atoms with Gasteiger partial charge in [-0.1, -0.05) is 0 Å². The number of aromatic nitrogens is 1. The molecule has 1 heterocycles. The third-order valence-electron chi connectivity index (χ3n) is 2.40. The molecule has 0 aliphatic heterocycles. The van der Waals surface area contributed by atoms with Gasteiger partial charge in [-0.05, 0) is 18.8 Å². The van der Waals surface area contributed by atoms with Crippen molar-refractivity contribution in [2.75, 3.05) is 13.7 Å². The molecule has 0 N–H and O–H groups in total. The van der Waals surface area contributed by atoms with Gasteiger partial charge in [-0.15, -0.1) is 0 Å². The fraction of sp³-hybridized carbons (Fsp3) is 0.455. The van der Waals surface area contributed by atoms with E-state index in [1.54, 1.807) is 0 Å². The van der Waals surface area contributed by atoms with E-state index in [1.807, 2.05) is 0 Å². The highest BCUT2D eigenvalue weighted by molar-refractivity contribution is 5.89. The zero-order chi connectivity index (χ0) is 11.5. The summed E-state index contributed by atoms with van der Waals surface area (Å²) in [5, 5.41) is 0. The monoisotopic (exact) mass is 225 g/mol. The number of halogens is 1. The van der Waals surface area contributed by atoms with E-state index in [-0.39, 0.29) is 11.4 Å². The minimum absolute atomic E-state index is 0.179. The van der Waals surface area contributed by atoms with Gasteiger partial charge in [0.05, 0.1) is 13.7 Å². The van der Waals surface area contributed by atoms with Crippen LogP contribution in [-0.4, -0.2) is 24.7 Å². The molecule has 0 unspecified atom stereocenters. The highest BCUT2D eigenvalue weighted by atomic mass is 19.1. The molecule has 0 amide bonds. The van der Waals surface area contributed by atoms with Gasteiger partial charge in [-0.3, -0.25) is 0 Å². The molecular formula is C11H12FNO3. The van der Waals surface area contributed by atoms with E-state index in [9.17, 15) is 9.18 Å². The molecule has 0 aromatic carbocycles. The van der Waals surface area contributed by atoms with Crippen LogP contribution in [0.4, 0.5) is 4.39 Å². The van der Waals surface area contributed by atoms with Gasteiger partial charge < -0.3 is 9.47 Å². The molecule has 1 fully saturated rings. The van der Waals surface area contributed by atoms with Crippen LogP contribution in [0.3, 0.4) is 0 Å². The summed E-state index contributed by atoms with van der Waals surface area (Å²) >= 11 is 0. The normalized spacial score (nSPS) is 14.6. The van der Waals surface area contributed by atoms with Crippen LogP contribution in [0.1, 0.15) is 23.2 Å². The lowest BCUT2D eigenvalue weighted by Crippen LogP contribution is -2.07. The second-order valence-electron chi connectivity index (χ2n) is 3.75.